The fourth-order valence-corrected chi connectivity index (χ4v) is 2.85. The third-order valence-corrected chi connectivity index (χ3v) is 4.42. The second kappa shape index (κ2) is 7.38. The molecule has 27 heavy (non-hydrogen) atoms. The highest BCUT2D eigenvalue weighted by Crippen LogP contribution is 2.27. The predicted octanol–water partition coefficient (Wildman–Crippen LogP) is 5.72. The van der Waals surface area contributed by atoms with E-state index in [1.807, 2.05) is 37.4 Å². The van der Waals surface area contributed by atoms with Crippen molar-refractivity contribution in [1.82, 2.24) is 4.98 Å². The molecule has 0 saturated carbocycles. The molecule has 4 rings (SSSR count). The summed E-state index contributed by atoms with van der Waals surface area (Å²) >= 11 is 0. The van der Waals surface area contributed by atoms with Gasteiger partial charge in [0.05, 0.1) is 7.11 Å². The summed E-state index contributed by atoms with van der Waals surface area (Å²) in [5.41, 5.74) is 5.87. The van der Waals surface area contributed by atoms with Crippen molar-refractivity contribution in [3.63, 3.8) is 0 Å². The summed E-state index contributed by atoms with van der Waals surface area (Å²) in [4.78, 5) is 4.55. The minimum absolute atomic E-state index is 0.608. The van der Waals surface area contributed by atoms with Crippen LogP contribution in [0.4, 0.5) is 5.69 Å². The molecule has 0 aliphatic carbocycles. The van der Waals surface area contributed by atoms with Gasteiger partial charge in [0.25, 0.3) is 0 Å². The van der Waals surface area contributed by atoms with E-state index in [2.05, 4.69) is 58.9 Å². The van der Waals surface area contributed by atoms with Gasteiger partial charge in [0.2, 0.25) is 5.89 Å². The second-order valence-electron chi connectivity index (χ2n) is 6.18. The minimum Gasteiger partial charge on any atom is -0.497 e. The smallest absolute Gasteiger partial charge is 0.227 e. The fourth-order valence-electron chi connectivity index (χ4n) is 2.85. The quantitative estimate of drug-likeness (QED) is 0.465. The van der Waals surface area contributed by atoms with Gasteiger partial charge in [-0.15, -0.1) is 0 Å². The van der Waals surface area contributed by atoms with E-state index < -0.39 is 0 Å². The molecule has 0 aliphatic heterocycles. The Labute approximate surface area is 158 Å². The van der Waals surface area contributed by atoms with Crippen LogP contribution in [0.25, 0.3) is 34.7 Å². The average Bonchev–Trinajstić information content (AvgIpc) is 3.16. The molecule has 0 amide bonds. The third kappa shape index (κ3) is 3.70. The van der Waals surface area contributed by atoms with E-state index in [4.69, 9.17) is 9.15 Å². The van der Waals surface area contributed by atoms with E-state index in [1.54, 1.807) is 7.11 Å². The zero-order valence-electron chi connectivity index (χ0n) is 15.3. The first-order chi connectivity index (χ1) is 13.2. The second-order valence-corrected chi connectivity index (χ2v) is 6.18. The van der Waals surface area contributed by atoms with Crippen molar-refractivity contribution in [1.29, 1.82) is 0 Å². The number of ether oxygens (including phenoxy) is 1. The fraction of sp³-hybridized carbons (Fsp3) is 0.0870. The minimum atomic E-state index is 0.608. The molecular weight excluding hydrogens is 336 g/mol. The predicted molar refractivity (Wildman–Crippen MR) is 111 cm³/mol. The first-order valence-electron chi connectivity index (χ1n) is 8.76. The van der Waals surface area contributed by atoms with Crippen LogP contribution in [0.5, 0.6) is 5.75 Å². The zero-order chi connectivity index (χ0) is 18.6. The van der Waals surface area contributed by atoms with Crippen LogP contribution in [0.3, 0.4) is 0 Å². The van der Waals surface area contributed by atoms with Gasteiger partial charge in [-0.3, -0.25) is 0 Å². The summed E-state index contributed by atoms with van der Waals surface area (Å²) in [6.07, 6.45) is 4.19. The number of oxazole rings is 1. The van der Waals surface area contributed by atoms with Gasteiger partial charge in [0, 0.05) is 24.4 Å². The van der Waals surface area contributed by atoms with E-state index in [-0.39, 0.29) is 0 Å². The van der Waals surface area contributed by atoms with Gasteiger partial charge in [-0.1, -0.05) is 36.4 Å². The van der Waals surface area contributed by atoms with E-state index in [1.165, 1.54) is 0 Å². The maximum absolute atomic E-state index is 5.87. The zero-order valence-corrected chi connectivity index (χ0v) is 15.3. The molecule has 134 valence electrons. The number of nitrogens with zero attached hydrogens (tertiary/aromatic N) is 1. The molecule has 4 aromatic rings. The van der Waals surface area contributed by atoms with Crippen molar-refractivity contribution in [2.75, 3.05) is 19.5 Å². The van der Waals surface area contributed by atoms with Crippen molar-refractivity contribution in [2.24, 2.45) is 0 Å². The number of rotatable bonds is 5. The first-order valence-corrected chi connectivity index (χ1v) is 8.76. The van der Waals surface area contributed by atoms with Crippen molar-refractivity contribution < 1.29 is 9.15 Å². The standard InChI is InChI=1S/C23H20N2O2/c1-24-19-11-7-17(8-12-19)4-3-16-5-9-18(10-6-16)23-25-21-14-13-20(26-2)15-22(21)27-23/h3-15,24H,1-2H3/b4-3+. The molecule has 0 unspecified atom stereocenters. The van der Waals surface area contributed by atoms with Crippen LogP contribution < -0.4 is 10.1 Å². The summed E-state index contributed by atoms with van der Waals surface area (Å²) in [5.74, 6) is 1.37. The van der Waals surface area contributed by atoms with E-state index in [9.17, 15) is 0 Å². The SMILES string of the molecule is CNc1ccc(/C=C/c2ccc(-c3nc4ccc(OC)cc4o3)cc2)cc1. The largest absolute Gasteiger partial charge is 0.497 e. The molecule has 0 saturated heterocycles. The molecule has 0 aliphatic rings. The molecule has 1 N–H and O–H groups in total. The maximum Gasteiger partial charge on any atom is 0.227 e. The van der Waals surface area contributed by atoms with Crippen LogP contribution in [0.1, 0.15) is 11.1 Å². The molecule has 0 bridgehead atoms. The lowest BCUT2D eigenvalue weighted by Crippen LogP contribution is -1.86. The summed E-state index contributed by atoms with van der Waals surface area (Å²) in [7, 11) is 3.56. The summed E-state index contributed by atoms with van der Waals surface area (Å²) in [6.45, 7) is 0. The van der Waals surface area contributed by atoms with Crippen LogP contribution in [0.2, 0.25) is 0 Å². The summed E-state index contributed by atoms with van der Waals surface area (Å²) in [5, 5.41) is 3.12. The number of fused-ring (bicyclic) bond motifs is 1. The molecule has 0 atom stereocenters. The Morgan fingerprint density at radius 2 is 1.56 bits per heavy atom. The highest BCUT2D eigenvalue weighted by Gasteiger charge is 2.08. The lowest BCUT2D eigenvalue weighted by atomic mass is 10.1. The number of anilines is 1. The lowest BCUT2D eigenvalue weighted by molar-refractivity contribution is 0.414. The molecule has 3 aromatic carbocycles. The Morgan fingerprint density at radius 3 is 2.19 bits per heavy atom. The lowest BCUT2D eigenvalue weighted by Gasteiger charge is -2.00. The average molecular weight is 356 g/mol. The van der Waals surface area contributed by atoms with E-state index >= 15 is 0 Å². The number of benzene rings is 3. The molecule has 1 heterocycles. The Kier molecular flexibility index (Phi) is 4.62. The van der Waals surface area contributed by atoms with Crippen LogP contribution in [0, 0.1) is 0 Å². The van der Waals surface area contributed by atoms with Gasteiger partial charge in [-0.05, 0) is 47.5 Å². The van der Waals surface area contributed by atoms with Crippen LogP contribution >= 0.6 is 0 Å². The van der Waals surface area contributed by atoms with Crippen molar-refractivity contribution in [2.45, 2.75) is 0 Å². The number of aromatic nitrogens is 1. The molecule has 0 spiro atoms. The molecule has 1 aromatic heterocycles. The van der Waals surface area contributed by atoms with Crippen molar-refractivity contribution in [3.05, 3.63) is 77.9 Å². The number of hydrogen-bond donors (Lipinski definition) is 1. The summed E-state index contributed by atoms with van der Waals surface area (Å²) in [6, 6.07) is 22.1. The van der Waals surface area contributed by atoms with Gasteiger partial charge >= 0.3 is 0 Å². The normalized spacial score (nSPS) is 11.2. The van der Waals surface area contributed by atoms with E-state index in [0.717, 1.165) is 39.2 Å². The molecule has 0 radical (unpaired) electrons. The molecule has 4 heteroatoms. The highest BCUT2D eigenvalue weighted by molar-refractivity contribution is 5.78. The first kappa shape index (κ1) is 16.9. The molecule has 4 nitrogen and oxygen atoms in total. The molecular formula is C23H20N2O2. The topological polar surface area (TPSA) is 47.3 Å². The Hall–Kier alpha value is -3.53. The third-order valence-electron chi connectivity index (χ3n) is 4.42. The van der Waals surface area contributed by atoms with Gasteiger partial charge in [0.1, 0.15) is 11.3 Å². The Bertz CT molecular complexity index is 1080. The summed E-state index contributed by atoms with van der Waals surface area (Å²) < 4.78 is 11.1. The Morgan fingerprint density at radius 1 is 0.889 bits per heavy atom. The Balaban J connectivity index is 1.53. The number of hydrogen-bond acceptors (Lipinski definition) is 4. The number of methoxy groups -OCH3 is 1. The van der Waals surface area contributed by atoms with Crippen LogP contribution in [-0.2, 0) is 0 Å². The van der Waals surface area contributed by atoms with Crippen molar-refractivity contribution in [3.8, 4) is 17.2 Å². The monoisotopic (exact) mass is 356 g/mol. The van der Waals surface area contributed by atoms with Crippen molar-refractivity contribution >= 4 is 28.9 Å². The maximum atomic E-state index is 5.87. The number of nitrogens with one attached hydrogen (secondary N) is 1. The van der Waals surface area contributed by atoms with Gasteiger partial charge in [-0.25, -0.2) is 4.98 Å². The van der Waals surface area contributed by atoms with E-state index in [0.29, 0.717) is 5.89 Å². The van der Waals surface area contributed by atoms with Crippen LogP contribution in [-0.4, -0.2) is 19.1 Å². The van der Waals surface area contributed by atoms with Crippen LogP contribution in [0.15, 0.2) is 71.1 Å². The molecule has 0 fully saturated rings. The van der Waals surface area contributed by atoms with Gasteiger partial charge in [-0.2, -0.15) is 0 Å². The highest BCUT2D eigenvalue weighted by atomic mass is 16.5. The van der Waals surface area contributed by atoms with Gasteiger partial charge in [0.15, 0.2) is 5.58 Å². The van der Waals surface area contributed by atoms with Gasteiger partial charge < -0.3 is 14.5 Å².